The van der Waals surface area contributed by atoms with Gasteiger partial charge in [0.15, 0.2) is 11.5 Å². The summed E-state index contributed by atoms with van der Waals surface area (Å²) in [6.07, 6.45) is 1.59. The Labute approximate surface area is 209 Å². The van der Waals surface area contributed by atoms with E-state index in [4.69, 9.17) is 25.4 Å². The molecule has 1 aliphatic rings. The molecule has 3 aromatic carbocycles. The quantitative estimate of drug-likeness (QED) is 0.211. The van der Waals surface area contributed by atoms with E-state index in [1.807, 2.05) is 30.3 Å². The molecule has 34 heavy (non-hydrogen) atoms. The number of carbonyl (C=O) groups is 1. The van der Waals surface area contributed by atoms with Crippen LogP contribution in [0.1, 0.15) is 18.1 Å². The van der Waals surface area contributed by atoms with E-state index in [0.29, 0.717) is 20.8 Å². The number of nitrogens with zero attached hydrogens (tertiary/aromatic N) is 1. The van der Waals surface area contributed by atoms with Gasteiger partial charge in [-0.3, -0.25) is 0 Å². The fourth-order valence-electron chi connectivity index (χ4n) is 3.15. The van der Waals surface area contributed by atoms with Gasteiger partial charge in [-0.2, -0.15) is 8.42 Å². The van der Waals surface area contributed by atoms with E-state index in [2.05, 4.69) is 21.1 Å². The lowest BCUT2D eigenvalue weighted by Crippen LogP contribution is -2.11. The molecule has 0 saturated carbocycles. The largest absolute Gasteiger partial charge is 0.490 e. The fourth-order valence-corrected chi connectivity index (χ4v) is 4.89. The van der Waals surface area contributed by atoms with Gasteiger partial charge in [0.05, 0.1) is 16.7 Å². The smallest absolute Gasteiger partial charge is 0.368 e. The molecule has 0 aliphatic carbocycles. The molecule has 4 rings (SSSR count). The monoisotopic (exact) mass is 561 g/mol. The number of hydrogen-bond acceptors (Lipinski definition) is 7. The van der Waals surface area contributed by atoms with Crippen molar-refractivity contribution in [3.05, 3.63) is 92.9 Å². The van der Waals surface area contributed by atoms with Gasteiger partial charge in [0.25, 0.3) is 0 Å². The first-order chi connectivity index (χ1) is 16.3. The van der Waals surface area contributed by atoms with Gasteiger partial charge in [0.2, 0.25) is 0 Å². The first kappa shape index (κ1) is 24.0. The third kappa shape index (κ3) is 5.16. The second-order valence-electron chi connectivity index (χ2n) is 7.00. The van der Waals surface area contributed by atoms with Crippen LogP contribution in [0.2, 0.25) is 5.02 Å². The lowest BCUT2D eigenvalue weighted by Gasteiger charge is -2.15. The Hall–Kier alpha value is -3.14. The third-order valence-corrected chi connectivity index (χ3v) is 6.76. The number of ether oxygens (including phenoxy) is 1. The molecule has 7 nitrogen and oxygen atoms in total. The van der Waals surface area contributed by atoms with Crippen LogP contribution in [0.3, 0.4) is 0 Å². The van der Waals surface area contributed by atoms with Crippen LogP contribution in [0.5, 0.6) is 11.5 Å². The molecule has 10 heteroatoms. The number of hydrogen-bond donors (Lipinski definition) is 0. The SMILES string of the molecule is CCOc1cc(/C=C2\C(=O)ON=C2c2ccccc2)cc(Br)c1OS(=O)(=O)c1ccc(Cl)cc1. The minimum Gasteiger partial charge on any atom is -0.490 e. The Balaban J connectivity index is 1.72. The van der Waals surface area contributed by atoms with Crippen molar-refractivity contribution in [2.24, 2.45) is 5.16 Å². The Morgan fingerprint density at radius 1 is 1.09 bits per heavy atom. The van der Waals surface area contributed by atoms with E-state index in [-0.39, 0.29) is 28.6 Å². The standard InChI is InChI=1S/C24H17BrClNO6S/c1-2-31-21-14-15(12-19-22(27-32-24(19)28)16-6-4-3-5-7-16)13-20(25)23(21)33-34(29,30)18-10-8-17(26)9-11-18/h3-14H,2H2,1H3/b19-12-. The molecule has 0 fully saturated rings. The molecule has 3 aromatic rings. The number of oxime groups is 1. The maximum Gasteiger partial charge on any atom is 0.368 e. The zero-order chi connectivity index (χ0) is 24.3. The summed E-state index contributed by atoms with van der Waals surface area (Å²) in [5, 5.41) is 4.29. The van der Waals surface area contributed by atoms with E-state index in [1.54, 1.807) is 25.1 Å². The Morgan fingerprint density at radius 3 is 2.47 bits per heavy atom. The van der Waals surface area contributed by atoms with Gasteiger partial charge in [-0.1, -0.05) is 47.1 Å². The van der Waals surface area contributed by atoms with Gasteiger partial charge in [-0.15, -0.1) is 0 Å². The molecule has 0 radical (unpaired) electrons. The fraction of sp³-hybridized carbons (Fsp3) is 0.0833. The third-order valence-electron chi connectivity index (χ3n) is 4.68. The van der Waals surface area contributed by atoms with Crippen LogP contribution in [-0.2, 0) is 19.8 Å². The molecular formula is C24H17BrClNO6S. The van der Waals surface area contributed by atoms with Gasteiger partial charge < -0.3 is 13.8 Å². The number of carbonyl (C=O) groups excluding carboxylic acids is 1. The van der Waals surface area contributed by atoms with Crippen LogP contribution in [0.25, 0.3) is 6.08 Å². The van der Waals surface area contributed by atoms with Crippen molar-refractivity contribution >= 4 is 55.4 Å². The van der Waals surface area contributed by atoms with Crippen LogP contribution < -0.4 is 8.92 Å². The summed E-state index contributed by atoms with van der Waals surface area (Å²) in [5.41, 5.74) is 1.91. The second kappa shape index (κ2) is 10.0. The molecule has 0 spiro atoms. The normalized spacial score (nSPS) is 14.6. The average Bonchev–Trinajstić information content (AvgIpc) is 3.17. The Kier molecular flexibility index (Phi) is 7.06. The molecular weight excluding hydrogens is 546 g/mol. The van der Waals surface area contributed by atoms with Gasteiger partial charge in [0.1, 0.15) is 10.6 Å². The van der Waals surface area contributed by atoms with Crippen LogP contribution in [0.4, 0.5) is 0 Å². The van der Waals surface area contributed by atoms with Gasteiger partial charge in [-0.05, 0) is 70.9 Å². The summed E-state index contributed by atoms with van der Waals surface area (Å²) in [5.74, 6) is -0.450. The van der Waals surface area contributed by atoms with Crippen molar-refractivity contribution in [1.82, 2.24) is 0 Å². The molecule has 0 bridgehead atoms. The van der Waals surface area contributed by atoms with E-state index in [0.717, 1.165) is 5.56 Å². The number of halogens is 2. The zero-order valence-corrected chi connectivity index (χ0v) is 20.9. The van der Waals surface area contributed by atoms with Crippen LogP contribution >= 0.6 is 27.5 Å². The van der Waals surface area contributed by atoms with Crippen molar-refractivity contribution in [3.63, 3.8) is 0 Å². The average molecular weight is 563 g/mol. The summed E-state index contributed by atoms with van der Waals surface area (Å²) in [6, 6.07) is 17.9. The molecule has 1 heterocycles. The van der Waals surface area contributed by atoms with Gasteiger partial charge in [0, 0.05) is 10.6 Å². The predicted molar refractivity (Wildman–Crippen MR) is 132 cm³/mol. The summed E-state index contributed by atoms with van der Waals surface area (Å²) in [6.45, 7) is 2.01. The van der Waals surface area contributed by atoms with Crippen LogP contribution in [0, 0.1) is 0 Å². The first-order valence-electron chi connectivity index (χ1n) is 10.0. The van der Waals surface area contributed by atoms with E-state index in [9.17, 15) is 13.2 Å². The molecule has 0 atom stereocenters. The summed E-state index contributed by atoms with van der Waals surface area (Å²) >= 11 is 9.21. The maximum absolute atomic E-state index is 12.8. The molecule has 0 unspecified atom stereocenters. The highest BCUT2D eigenvalue weighted by molar-refractivity contribution is 9.10. The van der Waals surface area contributed by atoms with Crippen molar-refractivity contribution < 1.29 is 27.0 Å². The molecule has 0 amide bonds. The topological polar surface area (TPSA) is 91.3 Å². The Morgan fingerprint density at radius 2 is 1.79 bits per heavy atom. The summed E-state index contributed by atoms with van der Waals surface area (Å²) in [4.78, 5) is 17.2. The minimum atomic E-state index is -4.16. The van der Waals surface area contributed by atoms with Gasteiger partial charge >= 0.3 is 16.1 Å². The molecule has 0 aromatic heterocycles. The summed E-state index contributed by atoms with van der Waals surface area (Å²) < 4.78 is 37.0. The van der Waals surface area contributed by atoms with Crippen molar-refractivity contribution in [2.75, 3.05) is 6.61 Å². The lowest BCUT2D eigenvalue weighted by molar-refractivity contribution is -0.136. The molecule has 174 valence electrons. The highest BCUT2D eigenvalue weighted by Crippen LogP contribution is 2.39. The first-order valence-corrected chi connectivity index (χ1v) is 12.6. The van der Waals surface area contributed by atoms with E-state index < -0.39 is 16.1 Å². The second-order valence-corrected chi connectivity index (χ2v) is 9.83. The van der Waals surface area contributed by atoms with E-state index in [1.165, 1.54) is 24.3 Å². The highest BCUT2D eigenvalue weighted by Gasteiger charge is 2.27. The number of benzene rings is 3. The van der Waals surface area contributed by atoms with Crippen molar-refractivity contribution in [2.45, 2.75) is 11.8 Å². The maximum atomic E-state index is 12.8. The van der Waals surface area contributed by atoms with Crippen LogP contribution in [0.15, 0.2) is 86.8 Å². The predicted octanol–water partition coefficient (Wildman–Crippen LogP) is 5.61. The van der Waals surface area contributed by atoms with Crippen LogP contribution in [-0.4, -0.2) is 26.7 Å². The highest BCUT2D eigenvalue weighted by atomic mass is 79.9. The molecule has 1 aliphatic heterocycles. The molecule has 0 saturated heterocycles. The lowest BCUT2D eigenvalue weighted by atomic mass is 10.0. The zero-order valence-electron chi connectivity index (χ0n) is 17.7. The Bertz CT molecular complexity index is 1400. The minimum absolute atomic E-state index is 0.0232. The van der Waals surface area contributed by atoms with Crippen molar-refractivity contribution in [1.29, 1.82) is 0 Å². The van der Waals surface area contributed by atoms with Gasteiger partial charge in [-0.25, -0.2) is 4.79 Å². The number of rotatable bonds is 7. The summed E-state index contributed by atoms with van der Waals surface area (Å²) in [7, 11) is -4.16. The molecule has 0 N–H and O–H groups in total. The van der Waals surface area contributed by atoms with Crippen molar-refractivity contribution in [3.8, 4) is 11.5 Å². The van der Waals surface area contributed by atoms with E-state index >= 15 is 0 Å².